The molecule has 1 aliphatic heterocycles. The fourth-order valence-electron chi connectivity index (χ4n) is 3.61. The van der Waals surface area contributed by atoms with E-state index in [1.807, 2.05) is 12.1 Å². The Bertz CT molecular complexity index is 644. The van der Waals surface area contributed by atoms with Gasteiger partial charge in [0.1, 0.15) is 0 Å². The first kappa shape index (κ1) is 17.0. The summed E-state index contributed by atoms with van der Waals surface area (Å²) < 4.78 is 18.7. The number of hydrogen-bond donors (Lipinski definition) is 0. The highest BCUT2D eigenvalue weighted by Gasteiger charge is 2.22. The van der Waals surface area contributed by atoms with Crippen LogP contribution in [0.15, 0.2) is 48.5 Å². The number of hydrogen-bond acceptors (Lipinski definition) is 2. The van der Waals surface area contributed by atoms with Crippen LogP contribution in [0.5, 0.6) is 5.75 Å². The molecule has 2 aromatic carbocycles. The molecule has 24 heavy (non-hydrogen) atoms. The molecule has 0 N–H and O–H groups in total. The Morgan fingerprint density at radius 3 is 2.79 bits per heavy atom. The Morgan fingerprint density at radius 2 is 2.00 bits per heavy atom. The van der Waals surface area contributed by atoms with E-state index in [2.05, 4.69) is 35.2 Å². The predicted molar refractivity (Wildman–Crippen MR) is 96.1 cm³/mol. The van der Waals surface area contributed by atoms with Gasteiger partial charge in [-0.3, -0.25) is 0 Å². The zero-order chi connectivity index (χ0) is 16.8. The number of piperidine rings is 1. The molecule has 0 amide bonds. The second kappa shape index (κ2) is 8.29. The van der Waals surface area contributed by atoms with Crippen molar-refractivity contribution in [3.8, 4) is 5.75 Å². The van der Waals surface area contributed by atoms with Gasteiger partial charge in [0.15, 0.2) is 11.6 Å². The maximum atomic E-state index is 13.6. The Balaban J connectivity index is 1.54. The quantitative estimate of drug-likeness (QED) is 0.766. The van der Waals surface area contributed by atoms with Crippen molar-refractivity contribution in [1.29, 1.82) is 0 Å². The number of ether oxygens (including phenoxy) is 1. The molecular formula is C21H26FNO. The predicted octanol–water partition coefficient (Wildman–Crippen LogP) is 4.65. The number of nitrogens with zero attached hydrogens (tertiary/aromatic N) is 1. The lowest BCUT2D eigenvalue weighted by atomic mass is 9.90. The number of methoxy groups -OCH3 is 1. The number of benzene rings is 2. The third kappa shape index (κ3) is 4.35. The lowest BCUT2D eigenvalue weighted by Gasteiger charge is -2.33. The van der Waals surface area contributed by atoms with E-state index in [1.54, 1.807) is 0 Å². The summed E-state index contributed by atoms with van der Waals surface area (Å²) in [7, 11) is 1.53. The van der Waals surface area contributed by atoms with Crippen LogP contribution < -0.4 is 4.74 Å². The molecule has 1 fully saturated rings. The molecular weight excluding hydrogens is 301 g/mol. The fraction of sp³-hybridized carbons (Fsp3) is 0.429. The zero-order valence-electron chi connectivity index (χ0n) is 14.4. The molecule has 0 aliphatic carbocycles. The van der Waals surface area contributed by atoms with E-state index in [0.29, 0.717) is 11.7 Å². The van der Waals surface area contributed by atoms with Gasteiger partial charge in [0.05, 0.1) is 7.11 Å². The normalized spacial score (nSPS) is 18.5. The molecule has 1 heterocycles. The smallest absolute Gasteiger partial charge is 0.165 e. The standard InChI is InChI=1S/C21H26FNO/c1-24-21-15-18(11-12-20(21)22)19-10-6-14-23(16-19)13-5-9-17-7-3-2-4-8-17/h2-4,7-8,11-12,15,19H,5-6,9-10,13-14,16H2,1H3. The molecule has 1 saturated heterocycles. The Morgan fingerprint density at radius 1 is 1.17 bits per heavy atom. The summed E-state index contributed by atoms with van der Waals surface area (Å²) in [5.41, 5.74) is 2.61. The second-order valence-corrected chi connectivity index (χ2v) is 6.62. The molecule has 128 valence electrons. The van der Waals surface area contributed by atoms with Crippen molar-refractivity contribution in [1.82, 2.24) is 4.90 Å². The number of halogens is 1. The summed E-state index contributed by atoms with van der Waals surface area (Å²) in [5.74, 6) is 0.551. The van der Waals surface area contributed by atoms with E-state index in [9.17, 15) is 4.39 Å². The van der Waals surface area contributed by atoms with Gasteiger partial charge in [-0.05, 0) is 68.0 Å². The van der Waals surface area contributed by atoms with E-state index in [-0.39, 0.29) is 5.82 Å². The van der Waals surface area contributed by atoms with Crippen LogP contribution in [0, 0.1) is 5.82 Å². The maximum absolute atomic E-state index is 13.6. The molecule has 3 heteroatoms. The monoisotopic (exact) mass is 327 g/mol. The maximum Gasteiger partial charge on any atom is 0.165 e. The molecule has 0 aromatic heterocycles. The van der Waals surface area contributed by atoms with Gasteiger partial charge in [-0.25, -0.2) is 4.39 Å². The molecule has 2 aromatic rings. The third-order valence-corrected chi connectivity index (χ3v) is 4.93. The van der Waals surface area contributed by atoms with Crippen LogP contribution in [0.1, 0.15) is 36.3 Å². The number of likely N-dealkylation sites (tertiary alicyclic amines) is 1. The van der Waals surface area contributed by atoms with Crippen LogP contribution in [0.2, 0.25) is 0 Å². The first-order chi connectivity index (χ1) is 11.8. The van der Waals surface area contributed by atoms with Gasteiger partial charge >= 0.3 is 0 Å². The molecule has 0 bridgehead atoms. The van der Waals surface area contributed by atoms with E-state index < -0.39 is 0 Å². The van der Waals surface area contributed by atoms with Crippen molar-refractivity contribution in [2.24, 2.45) is 0 Å². The average Bonchev–Trinajstić information content (AvgIpc) is 2.63. The Labute approximate surface area is 144 Å². The fourth-order valence-corrected chi connectivity index (χ4v) is 3.61. The van der Waals surface area contributed by atoms with Gasteiger partial charge in [0, 0.05) is 6.54 Å². The van der Waals surface area contributed by atoms with Gasteiger partial charge in [-0.15, -0.1) is 0 Å². The average molecular weight is 327 g/mol. The van der Waals surface area contributed by atoms with Crippen LogP contribution in [0.3, 0.4) is 0 Å². The van der Waals surface area contributed by atoms with Crippen molar-refractivity contribution < 1.29 is 9.13 Å². The second-order valence-electron chi connectivity index (χ2n) is 6.62. The SMILES string of the molecule is COc1cc(C2CCCN(CCCc3ccccc3)C2)ccc1F. The Hall–Kier alpha value is -1.87. The van der Waals surface area contributed by atoms with Crippen LogP contribution >= 0.6 is 0 Å². The molecule has 1 aliphatic rings. The van der Waals surface area contributed by atoms with E-state index in [1.165, 1.54) is 50.1 Å². The van der Waals surface area contributed by atoms with E-state index >= 15 is 0 Å². The van der Waals surface area contributed by atoms with Gasteiger partial charge in [-0.2, -0.15) is 0 Å². The van der Waals surface area contributed by atoms with Gasteiger partial charge < -0.3 is 9.64 Å². The van der Waals surface area contributed by atoms with Crippen LogP contribution in [0.4, 0.5) is 4.39 Å². The summed E-state index contributed by atoms with van der Waals surface area (Å²) in [6, 6.07) is 16.0. The molecule has 2 nitrogen and oxygen atoms in total. The van der Waals surface area contributed by atoms with Gasteiger partial charge in [-0.1, -0.05) is 36.4 Å². The number of aryl methyl sites for hydroxylation is 1. The summed E-state index contributed by atoms with van der Waals surface area (Å²) in [4.78, 5) is 2.55. The van der Waals surface area contributed by atoms with Crippen molar-refractivity contribution >= 4 is 0 Å². The summed E-state index contributed by atoms with van der Waals surface area (Å²) in [6.07, 6.45) is 4.69. The van der Waals surface area contributed by atoms with Crippen molar-refractivity contribution in [3.05, 3.63) is 65.5 Å². The minimum Gasteiger partial charge on any atom is -0.494 e. The first-order valence-electron chi connectivity index (χ1n) is 8.86. The van der Waals surface area contributed by atoms with Crippen molar-refractivity contribution in [3.63, 3.8) is 0 Å². The largest absolute Gasteiger partial charge is 0.494 e. The molecule has 3 rings (SSSR count). The third-order valence-electron chi connectivity index (χ3n) is 4.93. The topological polar surface area (TPSA) is 12.5 Å². The molecule has 0 radical (unpaired) electrons. The van der Waals surface area contributed by atoms with Crippen molar-refractivity contribution in [2.45, 2.75) is 31.6 Å². The lowest BCUT2D eigenvalue weighted by molar-refractivity contribution is 0.205. The highest BCUT2D eigenvalue weighted by molar-refractivity contribution is 5.32. The minimum absolute atomic E-state index is 0.281. The summed E-state index contributed by atoms with van der Waals surface area (Å²) in [6.45, 7) is 3.36. The number of rotatable bonds is 6. The van der Waals surface area contributed by atoms with Crippen LogP contribution in [0.25, 0.3) is 0 Å². The minimum atomic E-state index is -0.281. The van der Waals surface area contributed by atoms with Crippen molar-refractivity contribution in [2.75, 3.05) is 26.7 Å². The van der Waals surface area contributed by atoms with E-state index in [0.717, 1.165) is 19.5 Å². The first-order valence-corrected chi connectivity index (χ1v) is 8.86. The van der Waals surface area contributed by atoms with Gasteiger partial charge in [0.2, 0.25) is 0 Å². The van der Waals surface area contributed by atoms with Crippen LogP contribution in [-0.2, 0) is 6.42 Å². The Kier molecular flexibility index (Phi) is 5.86. The highest BCUT2D eigenvalue weighted by atomic mass is 19.1. The van der Waals surface area contributed by atoms with Crippen LogP contribution in [-0.4, -0.2) is 31.6 Å². The molecule has 1 atom stereocenters. The summed E-state index contributed by atoms with van der Waals surface area (Å²) in [5, 5.41) is 0. The lowest BCUT2D eigenvalue weighted by Crippen LogP contribution is -2.35. The van der Waals surface area contributed by atoms with Gasteiger partial charge in [0.25, 0.3) is 0 Å². The molecule has 0 spiro atoms. The highest BCUT2D eigenvalue weighted by Crippen LogP contribution is 2.30. The molecule has 1 unspecified atom stereocenters. The molecule has 0 saturated carbocycles. The van der Waals surface area contributed by atoms with E-state index in [4.69, 9.17) is 4.74 Å². The zero-order valence-corrected chi connectivity index (χ0v) is 14.4. The summed E-state index contributed by atoms with van der Waals surface area (Å²) >= 11 is 0.